The van der Waals surface area contributed by atoms with Crippen molar-refractivity contribution in [2.75, 3.05) is 11.9 Å². The minimum atomic E-state index is -0.308. The number of benzene rings is 2. The Bertz CT molecular complexity index is 868. The average Bonchev–Trinajstić information content (AvgIpc) is 2.65. The van der Waals surface area contributed by atoms with E-state index in [1.165, 1.54) is 19.3 Å². The first-order valence-electron chi connectivity index (χ1n) is 10.1. The minimum Gasteiger partial charge on any atom is -0.455 e. The number of hydrogen-bond donors (Lipinski definition) is 1. The zero-order valence-corrected chi connectivity index (χ0v) is 15.4. The summed E-state index contributed by atoms with van der Waals surface area (Å²) >= 11 is 0. The van der Waals surface area contributed by atoms with Gasteiger partial charge in [0.05, 0.1) is 5.41 Å². The van der Waals surface area contributed by atoms with Crippen molar-refractivity contribution in [2.24, 2.45) is 23.2 Å². The number of esters is 1. The Morgan fingerprint density at radius 3 is 2.22 bits per heavy atom. The van der Waals surface area contributed by atoms with E-state index in [0.717, 1.165) is 35.7 Å². The van der Waals surface area contributed by atoms with Crippen LogP contribution >= 0.6 is 0 Å². The van der Waals surface area contributed by atoms with Gasteiger partial charge in [0.15, 0.2) is 6.61 Å². The summed E-state index contributed by atoms with van der Waals surface area (Å²) in [5, 5.41) is 5.05. The minimum absolute atomic E-state index is 0.143. The van der Waals surface area contributed by atoms with Gasteiger partial charge < -0.3 is 10.1 Å². The molecule has 0 radical (unpaired) electrons. The first-order valence-corrected chi connectivity index (χ1v) is 10.1. The highest BCUT2D eigenvalue weighted by Crippen LogP contribution is 2.60. The zero-order valence-electron chi connectivity index (χ0n) is 15.4. The predicted octanol–water partition coefficient (Wildman–Crippen LogP) is 4.54. The number of amides is 1. The van der Waals surface area contributed by atoms with Gasteiger partial charge in [-0.05, 0) is 79.2 Å². The average molecular weight is 363 g/mol. The molecule has 4 aliphatic carbocycles. The molecular formula is C23H25NO3. The van der Waals surface area contributed by atoms with Crippen LogP contribution in [0.25, 0.3) is 10.8 Å². The van der Waals surface area contributed by atoms with Gasteiger partial charge in [0.25, 0.3) is 5.91 Å². The number of rotatable bonds is 4. The van der Waals surface area contributed by atoms with E-state index in [0.29, 0.717) is 17.8 Å². The lowest BCUT2D eigenvalue weighted by Crippen LogP contribution is -2.50. The maximum atomic E-state index is 12.8. The second kappa shape index (κ2) is 6.36. The predicted molar refractivity (Wildman–Crippen MR) is 104 cm³/mol. The molecule has 1 amide bonds. The second-order valence-corrected chi connectivity index (χ2v) is 8.88. The number of carbonyl (C=O) groups is 2. The highest BCUT2D eigenvalue weighted by Gasteiger charge is 2.55. The molecule has 2 aromatic rings. The van der Waals surface area contributed by atoms with Crippen LogP contribution in [-0.4, -0.2) is 18.5 Å². The Morgan fingerprint density at radius 1 is 0.926 bits per heavy atom. The van der Waals surface area contributed by atoms with E-state index in [1.54, 1.807) is 0 Å². The molecular weight excluding hydrogens is 338 g/mol. The van der Waals surface area contributed by atoms with E-state index < -0.39 is 0 Å². The molecule has 1 N–H and O–H groups in total. The largest absolute Gasteiger partial charge is 0.455 e. The third-order valence-corrected chi connectivity index (χ3v) is 6.84. The summed E-state index contributed by atoms with van der Waals surface area (Å²) < 4.78 is 5.50. The van der Waals surface area contributed by atoms with Crippen LogP contribution in [0.15, 0.2) is 42.5 Å². The molecule has 27 heavy (non-hydrogen) atoms. The molecule has 0 unspecified atom stereocenters. The van der Waals surface area contributed by atoms with Gasteiger partial charge in [-0.3, -0.25) is 9.59 Å². The Morgan fingerprint density at radius 2 is 1.56 bits per heavy atom. The summed E-state index contributed by atoms with van der Waals surface area (Å²) in [7, 11) is 0. The molecule has 4 saturated carbocycles. The van der Waals surface area contributed by atoms with Crippen molar-refractivity contribution in [2.45, 2.75) is 38.5 Å². The Balaban J connectivity index is 1.21. The molecule has 0 aliphatic heterocycles. The third-order valence-electron chi connectivity index (χ3n) is 6.84. The monoisotopic (exact) mass is 363 g/mol. The van der Waals surface area contributed by atoms with Crippen LogP contribution in [0.2, 0.25) is 0 Å². The number of hydrogen-bond acceptors (Lipinski definition) is 3. The Labute approximate surface area is 159 Å². The first-order chi connectivity index (χ1) is 13.1. The molecule has 6 rings (SSSR count). The van der Waals surface area contributed by atoms with E-state index in [4.69, 9.17) is 4.74 Å². The van der Waals surface area contributed by atoms with Crippen molar-refractivity contribution in [3.8, 4) is 0 Å². The lowest BCUT2D eigenvalue weighted by Gasteiger charge is -2.55. The molecule has 4 heteroatoms. The molecule has 4 bridgehead atoms. The summed E-state index contributed by atoms with van der Waals surface area (Å²) in [6.45, 7) is -0.201. The van der Waals surface area contributed by atoms with Gasteiger partial charge in [0.1, 0.15) is 0 Å². The smallest absolute Gasteiger partial charge is 0.312 e. The van der Waals surface area contributed by atoms with Crippen molar-refractivity contribution in [3.05, 3.63) is 42.5 Å². The van der Waals surface area contributed by atoms with E-state index in [-0.39, 0.29) is 23.9 Å². The molecule has 0 aromatic heterocycles. The topological polar surface area (TPSA) is 55.4 Å². The van der Waals surface area contributed by atoms with Gasteiger partial charge in [0.2, 0.25) is 0 Å². The molecule has 0 saturated heterocycles. The number of fused-ring (bicyclic) bond motifs is 1. The van der Waals surface area contributed by atoms with Gasteiger partial charge in [-0.15, -0.1) is 0 Å². The van der Waals surface area contributed by atoms with E-state index >= 15 is 0 Å². The van der Waals surface area contributed by atoms with Gasteiger partial charge in [-0.2, -0.15) is 0 Å². The molecule has 0 atom stereocenters. The van der Waals surface area contributed by atoms with E-state index in [1.807, 2.05) is 42.5 Å². The van der Waals surface area contributed by atoms with Crippen LogP contribution in [0.5, 0.6) is 0 Å². The molecule has 2 aromatic carbocycles. The summed E-state index contributed by atoms with van der Waals surface area (Å²) in [5.74, 6) is 1.65. The van der Waals surface area contributed by atoms with Gasteiger partial charge in [-0.1, -0.05) is 30.3 Å². The van der Waals surface area contributed by atoms with Gasteiger partial charge in [0, 0.05) is 5.69 Å². The van der Waals surface area contributed by atoms with Crippen LogP contribution in [0.1, 0.15) is 38.5 Å². The second-order valence-electron chi connectivity index (χ2n) is 8.88. The zero-order chi connectivity index (χ0) is 18.4. The third kappa shape index (κ3) is 3.11. The molecule has 140 valence electrons. The van der Waals surface area contributed by atoms with E-state index in [2.05, 4.69) is 5.32 Å². The lowest BCUT2D eigenvalue weighted by molar-refractivity contribution is -0.172. The van der Waals surface area contributed by atoms with Crippen LogP contribution in [0, 0.1) is 23.2 Å². The molecule has 4 aliphatic rings. The molecule has 4 fully saturated rings. The number of anilines is 1. The van der Waals surface area contributed by atoms with E-state index in [9.17, 15) is 9.59 Å². The summed E-state index contributed by atoms with van der Waals surface area (Å²) in [6, 6.07) is 13.8. The lowest BCUT2D eigenvalue weighted by atomic mass is 9.49. The van der Waals surface area contributed by atoms with Crippen LogP contribution in [0.4, 0.5) is 5.69 Å². The normalized spacial score (nSPS) is 31.0. The molecule has 0 spiro atoms. The fraction of sp³-hybridized carbons (Fsp3) is 0.478. The standard InChI is InChI=1S/C23H25NO3/c25-21(24-20-6-5-18-3-1-2-4-19(18)10-20)14-27-22(26)23-11-15-7-16(12-23)9-17(8-15)13-23/h1-6,10,15-17H,7-9,11-14H2,(H,24,25). The van der Waals surface area contributed by atoms with Crippen LogP contribution in [-0.2, 0) is 14.3 Å². The van der Waals surface area contributed by atoms with Gasteiger partial charge >= 0.3 is 5.97 Å². The van der Waals surface area contributed by atoms with Crippen molar-refractivity contribution in [1.29, 1.82) is 0 Å². The number of carbonyl (C=O) groups excluding carboxylic acids is 2. The highest BCUT2D eigenvalue weighted by molar-refractivity contribution is 5.96. The molecule has 0 heterocycles. The number of nitrogens with one attached hydrogen (secondary N) is 1. The van der Waals surface area contributed by atoms with Crippen LogP contribution < -0.4 is 5.32 Å². The number of ether oxygens (including phenoxy) is 1. The fourth-order valence-corrected chi connectivity index (χ4v) is 6.11. The van der Waals surface area contributed by atoms with Crippen LogP contribution in [0.3, 0.4) is 0 Å². The Hall–Kier alpha value is -2.36. The van der Waals surface area contributed by atoms with Crippen molar-refractivity contribution in [1.82, 2.24) is 0 Å². The highest BCUT2D eigenvalue weighted by atomic mass is 16.5. The van der Waals surface area contributed by atoms with Crippen molar-refractivity contribution < 1.29 is 14.3 Å². The maximum Gasteiger partial charge on any atom is 0.312 e. The summed E-state index contributed by atoms with van der Waals surface area (Å²) in [4.78, 5) is 25.1. The SMILES string of the molecule is O=C(COC(=O)C12CC3CC(CC(C3)C1)C2)Nc1ccc2ccccc2c1. The Kier molecular flexibility index (Phi) is 3.96. The maximum absolute atomic E-state index is 12.8. The molecule has 4 nitrogen and oxygen atoms in total. The first kappa shape index (κ1) is 16.8. The quantitative estimate of drug-likeness (QED) is 0.812. The fourth-order valence-electron chi connectivity index (χ4n) is 6.11. The summed E-state index contributed by atoms with van der Waals surface area (Å²) in [5.41, 5.74) is 0.419. The van der Waals surface area contributed by atoms with Crippen molar-refractivity contribution in [3.63, 3.8) is 0 Å². The van der Waals surface area contributed by atoms with Crippen molar-refractivity contribution >= 4 is 28.3 Å². The summed E-state index contributed by atoms with van der Waals surface area (Å²) in [6.07, 6.45) is 6.75. The van der Waals surface area contributed by atoms with Gasteiger partial charge in [-0.25, -0.2) is 0 Å².